The molecule has 0 spiro atoms. The number of nitrogens with one attached hydrogen (secondary N) is 1. The first-order valence-electron chi connectivity index (χ1n) is 7.19. The predicted molar refractivity (Wildman–Crippen MR) is 79.5 cm³/mol. The average Bonchev–Trinajstić information content (AvgIpc) is 2.46. The first kappa shape index (κ1) is 13.2. The van der Waals surface area contributed by atoms with Gasteiger partial charge in [0.05, 0.1) is 11.4 Å². The summed E-state index contributed by atoms with van der Waals surface area (Å²) in [5, 5.41) is 3.39. The molecule has 0 aromatic carbocycles. The summed E-state index contributed by atoms with van der Waals surface area (Å²) in [5.41, 5.74) is 5.49. The number of fused-ring (bicyclic) bond motifs is 1. The van der Waals surface area contributed by atoms with Crippen molar-refractivity contribution in [3.05, 3.63) is 40.8 Å². The van der Waals surface area contributed by atoms with Crippen LogP contribution < -0.4 is 5.32 Å². The third-order valence-corrected chi connectivity index (χ3v) is 3.63. The highest BCUT2D eigenvalue weighted by molar-refractivity contribution is 5.51. The van der Waals surface area contributed by atoms with E-state index in [2.05, 4.69) is 24.1 Å². The van der Waals surface area contributed by atoms with Crippen LogP contribution in [0.3, 0.4) is 0 Å². The molecule has 0 radical (unpaired) electrons. The van der Waals surface area contributed by atoms with Crippen molar-refractivity contribution < 1.29 is 0 Å². The second-order valence-electron chi connectivity index (χ2n) is 5.60. The number of rotatable bonds is 2. The monoisotopic (exact) mass is 268 g/mol. The van der Waals surface area contributed by atoms with Crippen molar-refractivity contribution in [2.24, 2.45) is 0 Å². The summed E-state index contributed by atoms with van der Waals surface area (Å²) in [7, 11) is 0. The smallest absolute Gasteiger partial charge is 0.178 e. The fourth-order valence-electron chi connectivity index (χ4n) is 2.65. The molecule has 2 aromatic rings. The summed E-state index contributed by atoms with van der Waals surface area (Å²) >= 11 is 0. The topological polar surface area (TPSA) is 50.7 Å². The molecule has 1 aliphatic rings. The Balaban J connectivity index is 2.15. The van der Waals surface area contributed by atoms with Gasteiger partial charge in [-0.15, -0.1) is 0 Å². The van der Waals surface area contributed by atoms with E-state index in [1.165, 1.54) is 11.3 Å². The lowest BCUT2D eigenvalue weighted by Crippen LogP contribution is -2.27. The predicted octanol–water partition coefficient (Wildman–Crippen LogP) is 2.62. The summed E-state index contributed by atoms with van der Waals surface area (Å²) in [6.45, 7) is 8.22. The SMILES string of the molecule is Cc1cccc(-c2nc3c(c(C(C)C)n2)CCNC3)n1. The molecule has 3 heterocycles. The van der Waals surface area contributed by atoms with E-state index < -0.39 is 0 Å². The van der Waals surface area contributed by atoms with Crippen molar-refractivity contribution in [3.63, 3.8) is 0 Å². The molecular formula is C16H20N4. The van der Waals surface area contributed by atoms with Gasteiger partial charge >= 0.3 is 0 Å². The molecule has 0 saturated carbocycles. The Kier molecular flexibility index (Phi) is 3.49. The molecule has 0 atom stereocenters. The number of hydrogen-bond donors (Lipinski definition) is 1. The summed E-state index contributed by atoms with van der Waals surface area (Å²) in [4.78, 5) is 14.1. The van der Waals surface area contributed by atoms with Gasteiger partial charge in [-0.05, 0) is 43.5 Å². The summed E-state index contributed by atoms with van der Waals surface area (Å²) in [5.74, 6) is 1.16. The zero-order valence-corrected chi connectivity index (χ0v) is 12.3. The van der Waals surface area contributed by atoms with Crippen LogP contribution in [-0.2, 0) is 13.0 Å². The number of aryl methyl sites for hydroxylation is 1. The van der Waals surface area contributed by atoms with Gasteiger partial charge in [0.25, 0.3) is 0 Å². The molecule has 3 rings (SSSR count). The molecule has 4 nitrogen and oxygen atoms in total. The van der Waals surface area contributed by atoms with Gasteiger partial charge in [-0.3, -0.25) is 0 Å². The highest BCUT2D eigenvalue weighted by Crippen LogP contribution is 2.25. The Labute approximate surface area is 119 Å². The molecule has 0 bridgehead atoms. The van der Waals surface area contributed by atoms with Gasteiger partial charge < -0.3 is 5.32 Å². The van der Waals surface area contributed by atoms with Crippen molar-refractivity contribution in [1.29, 1.82) is 0 Å². The van der Waals surface area contributed by atoms with E-state index >= 15 is 0 Å². The van der Waals surface area contributed by atoms with E-state index in [4.69, 9.17) is 9.97 Å². The number of pyridine rings is 1. The van der Waals surface area contributed by atoms with Crippen LogP contribution in [0.2, 0.25) is 0 Å². The van der Waals surface area contributed by atoms with Crippen LogP contribution in [-0.4, -0.2) is 21.5 Å². The first-order valence-corrected chi connectivity index (χ1v) is 7.19. The van der Waals surface area contributed by atoms with Crippen molar-refractivity contribution >= 4 is 0 Å². The Bertz CT molecular complexity index is 634. The highest BCUT2D eigenvalue weighted by atomic mass is 15.0. The Morgan fingerprint density at radius 1 is 1.15 bits per heavy atom. The van der Waals surface area contributed by atoms with Crippen LogP contribution in [0.5, 0.6) is 0 Å². The molecule has 0 aliphatic carbocycles. The normalized spacial score (nSPS) is 14.4. The van der Waals surface area contributed by atoms with E-state index in [1.807, 2.05) is 25.1 Å². The fourth-order valence-corrected chi connectivity index (χ4v) is 2.65. The molecule has 1 aliphatic heterocycles. The maximum absolute atomic E-state index is 4.80. The standard InChI is InChI=1S/C16H20N4/c1-10(2)15-12-7-8-17-9-14(12)19-16(20-15)13-6-4-5-11(3)18-13/h4-6,10,17H,7-9H2,1-3H3. The van der Waals surface area contributed by atoms with Crippen LogP contribution in [0.25, 0.3) is 11.5 Å². The van der Waals surface area contributed by atoms with Crippen molar-refractivity contribution in [1.82, 2.24) is 20.3 Å². The molecule has 1 N–H and O–H groups in total. The largest absolute Gasteiger partial charge is 0.311 e. The van der Waals surface area contributed by atoms with Gasteiger partial charge in [0, 0.05) is 12.2 Å². The highest BCUT2D eigenvalue weighted by Gasteiger charge is 2.20. The first-order chi connectivity index (χ1) is 9.65. The van der Waals surface area contributed by atoms with E-state index in [9.17, 15) is 0 Å². The minimum absolute atomic E-state index is 0.411. The second-order valence-corrected chi connectivity index (χ2v) is 5.60. The molecule has 0 unspecified atom stereocenters. The summed E-state index contributed by atoms with van der Waals surface area (Å²) in [6.07, 6.45) is 1.02. The third-order valence-electron chi connectivity index (χ3n) is 3.63. The fraction of sp³-hybridized carbons (Fsp3) is 0.438. The van der Waals surface area contributed by atoms with Gasteiger partial charge in [0.2, 0.25) is 0 Å². The van der Waals surface area contributed by atoms with Gasteiger partial charge in [0.15, 0.2) is 5.82 Å². The lowest BCUT2D eigenvalue weighted by atomic mass is 9.97. The average molecular weight is 268 g/mol. The van der Waals surface area contributed by atoms with E-state index in [1.54, 1.807) is 0 Å². The second kappa shape index (κ2) is 5.29. The zero-order valence-electron chi connectivity index (χ0n) is 12.3. The van der Waals surface area contributed by atoms with Gasteiger partial charge in [-0.2, -0.15) is 0 Å². The quantitative estimate of drug-likeness (QED) is 0.909. The van der Waals surface area contributed by atoms with Crippen LogP contribution in [0.4, 0.5) is 0 Å². The molecule has 20 heavy (non-hydrogen) atoms. The maximum Gasteiger partial charge on any atom is 0.178 e. The van der Waals surface area contributed by atoms with Gasteiger partial charge in [-0.25, -0.2) is 15.0 Å². The number of nitrogens with zero attached hydrogens (tertiary/aromatic N) is 3. The maximum atomic E-state index is 4.80. The minimum atomic E-state index is 0.411. The minimum Gasteiger partial charge on any atom is -0.311 e. The van der Waals surface area contributed by atoms with Crippen LogP contribution in [0, 0.1) is 6.92 Å². The van der Waals surface area contributed by atoms with E-state index in [0.29, 0.717) is 5.92 Å². The Morgan fingerprint density at radius 2 is 2.00 bits per heavy atom. The number of aromatic nitrogens is 3. The van der Waals surface area contributed by atoms with E-state index in [-0.39, 0.29) is 0 Å². The van der Waals surface area contributed by atoms with E-state index in [0.717, 1.165) is 42.4 Å². The Morgan fingerprint density at radius 3 is 2.75 bits per heavy atom. The van der Waals surface area contributed by atoms with Gasteiger partial charge in [-0.1, -0.05) is 19.9 Å². The van der Waals surface area contributed by atoms with Crippen LogP contribution in [0.15, 0.2) is 18.2 Å². The molecule has 0 amide bonds. The molecular weight excluding hydrogens is 248 g/mol. The Hall–Kier alpha value is -1.81. The van der Waals surface area contributed by atoms with Crippen molar-refractivity contribution in [2.45, 2.75) is 39.7 Å². The summed E-state index contributed by atoms with van der Waals surface area (Å²) in [6, 6.07) is 5.98. The zero-order chi connectivity index (χ0) is 14.1. The van der Waals surface area contributed by atoms with Crippen molar-refractivity contribution in [2.75, 3.05) is 6.54 Å². The van der Waals surface area contributed by atoms with Gasteiger partial charge in [0.1, 0.15) is 5.69 Å². The van der Waals surface area contributed by atoms with Crippen LogP contribution in [0.1, 0.15) is 42.4 Å². The molecule has 104 valence electrons. The molecule has 0 saturated heterocycles. The molecule has 4 heteroatoms. The van der Waals surface area contributed by atoms with Crippen molar-refractivity contribution in [3.8, 4) is 11.5 Å². The lowest BCUT2D eigenvalue weighted by Gasteiger charge is -2.21. The van der Waals surface area contributed by atoms with Crippen LogP contribution >= 0.6 is 0 Å². The molecule has 0 fully saturated rings. The third kappa shape index (κ3) is 2.43. The number of hydrogen-bond acceptors (Lipinski definition) is 4. The lowest BCUT2D eigenvalue weighted by molar-refractivity contribution is 0.609. The summed E-state index contributed by atoms with van der Waals surface area (Å²) < 4.78 is 0. The molecule has 2 aromatic heterocycles.